The Labute approximate surface area is 151 Å². The molecule has 21 heavy (non-hydrogen) atoms. The van der Waals surface area contributed by atoms with E-state index in [0.717, 1.165) is 24.6 Å². The van der Waals surface area contributed by atoms with Crippen molar-refractivity contribution < 1.29 is 37.5 Å². The van der Waals surface area contributed by atoms with E-state index >= 15 is 0 Å². The van der Waals surface area contributed by atoms with E-state index < -0.39 is 0 Å². The summed E-state index contributed by atoms with van der Waals surface area (Å²) >= 11 is 0. The van der Waals surface area contributed by atoms with Gasteiger partial charge in [-0.25, -0.2) is 0 Å². The molecule has 2 aliphatic rings. The van der Waals surface area contributed by atoms with Gasteiger partial charge >= 0.3 is 0 Å². The Morgan fingerprint density at radius 1 is 1.00 bits per heavy atom. The fraction of sp³-hybridized carbons (Fsp3) is 0.692. The Morgan fingerprint density at radius 3 is 2.24 bits per heavy atom. The van der Waals surface area contributed by atoms with Crippen molar-refractivity contribution in [3.05, 3.63) is 11.4 Å². The minimum absolute atomic E-state index is 0. The van der Waals surface area contributed by atoms with Crippen LogP contribution in [0.25, 0.3) is 0 Å². The fourth-order valence-electron chi connectivity index (χ4n) is 2.49. The molecule has 0 aromatic heterocycles. The van der Waals surface area contributed by atoms with Gasteiger partial charge in [0.15, 0.2) is 0 Å². The molecule has 0 spiro atoms. The molecular weight excluding hydrogens is 345 g/mol. The van der Waals surface area contributed by atoms with Gasteiger partial charge in [-0.2, -0.15) is 5.10 Å². The fourth-order valence-corrected chi connectivity index (χ4v) is 2.49. The first-order chi connectivity index (χ1) is 9.38. The van der Waals surface area contributed by atoms with Crippen LogP contribution in [0.1, 0.15) is 6.92 Å². The molecule has 1 saturated heterocycles. The molecule has 2 rings (SSSR count). The molecule has 1 amide bonds. The van der Waals surface area contributed by atoms with Crippen molar-refractivity contribution in [2.45, 2.75) is 6.92 Å². The topological polar surface area (TPSA) is 54.4 Å². The Hall–Kier alpha value is -0.496. The molecule has 0 aromatic rings. The third-order valence-corrected chi connectivity index (χ3v) is 3.68. The smallest absolute Gasteiger partial charge is 0.272 e. The minimum Gasteiger partial charge on any atom is -0.364 e. The Balaban J connectivity index is 0.00000220. The van der Waals surface area contributed by atoms with Crippen molar-refractivity contribution in [1.82, 2.24) is 25.0 Å². The average Bonchev–Trinajstić information content (AvgIpc) is 2.37. The van der Waals surface area contributed by atoms with Crippen LogP contribution in [-0.2, 0) is 37.5 Å². The van der Waals surface area contributed by atoms with E-state index in [0.29, 0.717) is 18.9 Å². The molecule has 1 N–H and O–H groups in total. The number of hydrogen-bond acceptors (Lipinski definition) is 6. The molecule has 1 radical (unpaired) electrons. The van der Waals surface area contributed by atoms with Crippen LogP contribution in [0, 0.1) is 0 Å². The Kier molecular flexibility index (Phi) is 6.78. The van der Waals surface area contributed by atoms with E-state index in [4.69, 9.17) is 0 Å². The number of hydrazone groups is 1. The number of allylic oxidation sites excluding steroid dienone is 1. The van der Waals surface area contributed by atoms with Gasteiger partial charge in [0.25, 0.3) is 5.91 Å². The van der Waals surface area contributed by atoms with Crippen LogP contribution >= 0.6 is 0 Å². The molecule has 0 bridgehead atoms. The van der Waals surface area contributed by atoms with Crippen LogP contribution < -0.4 is 5.43 Å². The monoisotopic (exact) mass is 369 g/mol. The second-order valence-electron chi connectivity index (χ2n) is 5.75. The van der Waals surface area contributed by atoms with Gasteiger partial charge in [-0.15, -0.1) is 0 Å². The second-order valence-corrected chi connectivity index (χ2v) is 5.75. The molecule has 8 heteroatoms. The number of carbonyl (C=O) groups excluding carboxylic acids is 1. The molecule has 0 aromatic carbocycles. The number of nitrogens with zero attached hydrogens (tertiary/aromatic N) is 5. The minimum atomic E-state index is -0.00799. The zero-order valence-electron chi connectivity index (χ0n) is 13.6. The predicted molar refractivity (Wildman–Crippen MR) is 78.8 cm³/mol. The number of rotatable bonds is 2. The number of likely N-dealkylation sites (N-methyl/N-ethyl adjacent to an activating group) is 1. The van der Waals surface area contributed by atoms with Crippen LogP contribution in [0.2, 0.25) is 0 Å². The van der Waals surface area contributed by atoms with E-state index in [1.807, 2.05) is 14.1 Å². The number of carbonyl (C=O) groups is 1. The van der Waals surface area contributed by atoms with Gasteiger partial charge < -0.3 is 9.80 Å². The third-order valence-electron chi connectivity index (χ3n) is 3.68. The summed E-state index contributed by atoms with van der Waals surface area (Å²) in [5.41, 5.74) is 5.84. The summed E-state index contributed by atoms with van der Waals surface area (Å²) in [7, 11) is 7.88. The molecule has 0 saturated carbocycles. The Morgan fingerprint density at radius 2 is 1.57 bits per heavy atom. The first-order valence-electron chi connectivity index (χ1n) is 6.74. The van der Waals surface area contributed by atoms with E-state index in [2.05, 4.69) is 39.2 Å². The molecule has 0 atom stereocenters. The van der Waals surface area contributed by atoms with Gasteiger partial charge in [0.05, 0.1) is 19.0 Å². The van der Waals surface area contributed by atoms with Crippen molar-refractivity contribution in [2.75, 3.05) is 54.6 Å². The van der Waals surface area contributed by atoms with Crippen LogP contribution in [-0.4, -0.2) is 85.8 Å². The summed E-state index contributed by atoms with van der Waals surface area (Å²) in [5, 5.41) is 4.33. The number of amides is 1. The summed E-state index contributed by atoms with van der Waals surface area (Å²) in [5.74, 6) is -0.00799. The summed E-state index contributed by atoms with van der Waals surface area (Å²) in [6.45, 7) is 5.00. The van der Waals surface area contributed by atoms with Gasteiger partial charge in [-0.05, 0) is 21.0 Å². The molecule has 0 unspecified atom stereocenters. The maximum absolute atomic E-state index is 12.0. The molecule has 2 aliphatic heterocycles. The van der Waals surface area contributed by atoms with E-state index in [-0.39, 0.29) is 38.6 Å². The van der Waals surface area contributed by atoms with E-state index in [1.165, 1.54) is 0 Å². The van der Waals surface area contributed by atoms with Crippen LogP contribution in [0.15, 0.2) is 16.5 Å². The van der Waals surface area contributed by atoms with Crippen LogP contribution in [0.3, 0.4) is 0 Å². The molecular formula is C13H24N6OY. The average molecular weight is 369 g/mol. The number of nitrogens with one attached hydrogen (secondary N) is 1. The normalized spacial score (nSPS) is 23.7. The summed E-state index contributed by atoms with van der Waals surface area (Å²) < 4.78 is 0. The second kappa shape index (κ2) is 7.67. The molecule has 1 fully saturated rings. The predicted octanol–water partition coefficient (Wildman–Crippen LogP) is -0.643. The summed E-state index contributed by atoms with van der Waals surface area (Å²) in [6, 6.07) is 0. The summed E-state index contributed by atoms with van der Waals surface area (Å²) in [4.78, 5) is 20.1. The molecule has 7 nitrogen and oxygen atoms in total. The zero-order valence-corrected chi connectivity index (χ0v) is 16.4. The van der Waals surface area contributed by atoms with Crippen molar-refractivity contribution in [2.24, 2.45) is 5.10 Å². The van der Waals surface area contributed by atoms with Crippen LogP contribution in [0.4, 0.5) is 0 Å². The maximum atomic E-state index is 12.0. The van der Waals surface area contributed by atoms with Gasteiger partial charge in [0, 0.05) is 65.6 Å². The standard InChI is InChI=1S/C13H24N6O.Y/c1-10-11(6-16(2)8-18(10)4)14-15-12-7-17(3)9-19(5)13(12)20;/h14H,6-9H2,1-5H3;. The van der Waals surface area contributed by atoms with Crippen molar-refractivity contribution in [3.63, 3.8) is 0 Å². The largest absolute Gasteiger partial charge is 0.364 e. The van der Waals surface area contributed by atoms with E-state index in [1.54, 1.807) is 11.9 Å². The van der Waals surface area contributed by atoms with Crippen molar-refractivity contribution >= 4 is 11.6 Å². The first-order valence-corrected chi connectivity index (χ1v) is 6.74. The number of hydrogen-bond donors (Lipinski definition) is 1. The first kappa shape index (κ1) is 18.6. The van der Waals surface area contributed by atoms with E-state index in [9.17, 15) is 4.79 Å². The third kappa shape index (κ3) is 4.48. The van der Waals surface area contributed by atoms with Gasteiger partial charge in [-0.1, -0.05) is 0 Å². The summed E-state index contributed by atoms with van der Waals surface area (Å²) in [6.07, 6.45) is 0. The van der Waals surface area contributed by atoms with Gasteiger partial charge in [0.1, 0.15) is 5.71 Å². The maximum Gasteiger partial charge on any atom is 0.272 e. The van der Waals surface area contributed by atoms with Crippen molar-refractivity contribution in [1.29, 1.82) is 0 Å². The Bertz CT molecular complexity index is 464. The van der Waals surface area contributed by atoms with Gasteiger partial charge in [-0.3, -0.25) is 20.0 Å². The molecule has 115 valence electrons. The molecule has 0 aliphatic carbocycles. The van der Waals surface area contributed by atoms with Gasteiger partial charge in [0.2, 0.25) is 0 Å². The zero-order chi connectivity index (χ0) is 14.9. The molecule has 2 heterocycles. The SMILES string of the molecule is CC1=C(NN=C2CN(C)CN(C)C2=O)CN(C)CN1C.[Y]. The quantitative estimate of drug-likeness (QED) is 0.657. The van der Waals surface area contributed by atoms with Crippen molar-refractivity contribution in [3.8, 4) is 0 Å². The van der Waals surface area contributed by atoms with Crippen LogP contribution in [0.5, 0.6) is 0 Å².